The number of nitrogens with zero attached hydrogens (tertiary/aromatic N) is 2. The van der Waals surface area contributed by atoms with E-state index in [1.807, 2.05) is 30.3 Å². The first-order chi connectivity index (χ1) is 9.15. The third-order valence-electron chi connectivity index (χ3n) is 3.07. The summed E-state index contributed by atoms with van der Waals surface area (Å²) < 4.78 is 1.78. The lowest BCUT2D eigenvalue weighted by molar-refractivity contribution is -0.113. The zero-order valence-electron chi connectivity index (χ0n) is 10.7. The lowest BCUT2D eigenvalue weighted by Gasteiger charge is -2.21. The average molecular weight is 250 g/mol. The first-order valence-corrected chi connectivity index (χ1v) is 5.96. The van der Waals surface area contributed by atoms with E-state index in [4.69, 9.17) is 5.26 Å². The largest absolute Gasteiger partial charge is 0.328 e. The van der Waals surface area contributed by atoms with Gasteiger partial charge in [-0.05, 0) is 24.6 Å². The summed E-state index contributed by atoms with van der Waals surface area (Å²) in [6.07, 6.45) is 1.80. The summed E-state index contributed by atoms with van der Waals surface area (Å²) in [5.74, 6) is -0.0774. The van der Waals surface area contributed by atoms with Crippen LogP contribution in [0.2, 0.25) is 0 Å². The first kappa shape index (κ1) is 12.8. The molecule has 2 rings (SSSR count). The van der Waals surface area contributed by atoms with E-state index >= 15 is 0 Å². The number of aromatic nitrogens is 1. The second-order valence-corrected chi connectivity index (χ2v) is 4.31. The maximum absolute atomic E-state index is 11.7. The van der Waals surface area contributed by atoms with Gasteiger partial charge in [0, 0.05) is 11.8 Å². The zero-order chi connectivity index (χ0) is 13.8. The molecule has 2 aromatic rings. The summed E-state index contributed by atoms with van der Waals surface area (Å²) in [4.78, 5) is 11.7. The van der Waals surface area contributed by atoms with Gasteiger partial charge in [0.1, 0.15) is 11.8 Å². The highest BCUT2D eigenvalue weighted by Gasteiger charge is 2.21. The number of benzene rings is 1. The predicted octanol–water partition coefficient (Wildman–Crippen LogP) is 3.09. The van der Waals surface area contributed by atoms with E-state index in [0.717, 1.165) is 5.56 Å². The molecule has 0 aliphatic heterocycles. The van der Waals surface area contributed by atoms with E-state index in [2.05, 4.69) is 12.6 Å². The highest BCUT2D eigenvalue weighted by Crippen LogP contribution is 2.27. The Balaban J connectivity index is 2.57. The second-order valence-electron chi connectivity index (χ2n) is 4.31. The fourth-order valence-corrected chi connectivity index (χ4v) is 2.07. The molecule has 1 heterocycles. The Hall–Kier alpha value is -2.60. The molecule has 0 saturated carbocycles. The van der Waals surface area contributed by atoms with Crippen molar-refractivity contribution in [1.82, 2.24) is 4.57 Å². The summed E-state index contributed by atoms with van der Waals surface area (Å²) in [5, 5.41) is 9.14. The first-order valence-electron chi connectivity index (χ1n) is 5.96. The molecule has 0 amide bonds. The van der Waals surface area contributed by atoms with Crippen molar-refractivity contribution in [2.24, 2.45) is 0 Å². The number of Topliss-reactive ketones (excluding diaryl/α,β-unsaturated/α-hetero) is 1. The molecule has 0 N–H and O–H groups in total. The van der Waals surface area contributed by atoms with Crippen LogP contribution in [0, 0.1) is 11.3 Å². The molecule has 19 heavy (non-hydrogen) atoms. The molecule has 0 fully saturated rings. The highest BCUT2D eigenvalue weighted by molar-refractivity contribution is 5.94. The SMILES string of the molecule is C=C(C(C)=O)[C@@H](c1ccccc1)n1cccc1C#N. The van der Waals surface area contributed by atoms with E-state index in [-0.39, 0.29) is 11.8 Å². The van der Waals surface area contributed by atoms with Crippen LogP contribution in [0.5, 0.6) is 0 Å². The molecular formula is C16H14N2O. The van der Waals surface area contributed by atoms with Crippen molar-refractivity contribution in [3.05, 3.63) is 72.1 Å². The maximum Gasteiger partial charge on any atom is 0.157 e. The number of rotatable bonds is 4. The Kier molecular flexibility index (Phi) is 3.63. The Morgan fingerprint density at radius 2 is 1.95 bits per heavy atom. The maximum atomic E-state index is 11.7. The lowest BCUT2D eigenvalue weighted by Crippen LogP contribution is -2.17. The average Bonchev–Trinajstić information content (AvgIpc) is 2.88. The van der Waals surface area contributed by atoms with Gasteiger partial charge >= 0.3 is 0 Å². The van der Waals surface area contributed by atoms with Crippen LogP contribution in [0.1, 0.15) is 24.2 Å². The standard InChI is InChI=1S/C16H14N2O/c1-12(13(2)19)16(14-7-4-3-5-8-14)18-10-6-9-15(18)11-17/h3-10,16H,1H2,2H3/t16-/m0/s1. The van der Waals surface area contributed by atoms with Crippen molar-refractivity contribution in [3.8, 4) is 6.07 Å². The molecule has 1 aromatic heterocycles. The summed E-state index contributed by atoms with van der Waals surface area (Å²) >= 11 is 0. The Morgan fingerprint density at radius 3 is 2.53 bits per heavy atom. The van der Waals surface area contributed by atoms with Gasteiger partial charge in [0.15, 0.2) is 5.78 Å². The smallest absolute Gasteiger partial charge is 0.157 e. The molecule has 0 bridgehead atoms. The molecule has 94 valence electrons. The normalized spacial score (nSPS) is 11.6. The van der Waals surface area contributed by atoms with Gasteiger partial charge in [-0.25, -0.2) is 0 Å². The zero-order valence-corrected chi connectivity index (χ0v) is 10.7. The molecule has 0 saturated heterocycles. The minimum atomic E-state index is -0.330. The number of carbonyl (C=O) groups excluding carboxylic acids is 1. The quantitative estimate of drug-likeness (QED) is 0.783. The van der Waals surface area contributed by atoms with Crippen molar-refractivity contribution >= 4 is 5.78 Å². The van der Waals surface area contributed by atoms with Crippen LogP contribution < -0.4 is 0 Å². The fourth-order valence-electron chi connectivity index (χ4n) is 2.07. The number of hydrogen-bond donors (Lipinski definition) is 0. The minimum Gasteiger partial charge on any atom is -0.328 e. The molecule has 1 aromatic carbocycles. The lowest BCUT2D eigenvalue weighted by atomic mass is 9.97. The van der Waals surface area contributed by atoms with E-state index in [0.29, 0.717) is 11.3 Å². The van der Waals surface area contributed by atoms with Gasteiger partial charge < -0.3 is 4.57 Å². The number of allylic oxidation sites excluding steroid dienone is 1. The van der Waals surface area contributed by atoms with Crippen molar-refractivity contribution in [3.63, 3.8) is 0 Å². The number of hydrogen-bond acceptors (Lipinski definition) is 2. The third-order valence-corrected chi connectivity index (χ3v) is 3.07. The molecule has 1 atom stereocenters. The van der Waals surface area contributed by atoms with Crippen LogP contribution in [0.3, 0.4) is 0 Å². The second kappa shape index (κ2) is 5.36. The molecule has 3 nitrogen and oxygen atoms in total. The highest BCUT2D eigenvalue weighted by atomic mass is 16.1. The predicted molar refractivity (Wildman–Crippen MR) is 73.5 cm³/mol. The Labute approximate surface area is 112 Å². The number of carbonyl (C=O) groups is 1. The molecule has 0 unspecified atom stereocenters. The van der Waals surface area contributed by atoms with Crippen LogP contribution in [0.15, 0.2) is 60.8 Å². The van der Waals surface area contributed by atoms with E-state index in [1.54, 1.807) is 22.9 Å². The number of nitriles is 1. The van der Waals surface area contributed by atoms with Gasteiger partial charge in [0.25, 0.3) is 0 Å². The van der Waals surface area contributed by atoms with Gasteiger partial charge in [-0.3, -0.25) is 4.79 Å². The van der Waals surface area contributed by atoms with E-state index in [1.165, 1.54) is 6.92 Å². The van der Waals surface area contributed by atoms with Crippen molar-refractivity contribution < 1.29 is 4.79 Å². The van der Waals surface area contributed by atoms with Gasteiger partial charge in [-0.1, -0.05) is 36.9 Å². The van der Waals surface area contributed by atoms with Gasteiger partial charge in [-0.15, -0.1) is 0 Å². The molecule has 3 heteroatoms. The van der Waals surface area contributed by atoms with E-state index < -0.39 is 0 Å². The van der Waals surface area contributed by atoms with Crippen LogP contribution >= 0.6 is 0 Å². The minimum absolute atomic E-state index is 0.0774. The number of ketones is 1. The van der Waals surface area contributed by atoms with Gasteiger partial charge in [0.2, 0.25) is 0 Å². The summed E-state index contributed by atoms with van der Waals surface area (Å²) in [7, 11) is 0. The summed E-state index contributed by atoms with van der Waals surface area (Å²) in [5.41, 5.74) is 1.92. The van der Waals surface area contributed by atoms with Crippen molar-refractivity contribution in [2.45, 2.75) is 13.0 Å². The van der Waals surface area contributed by atoms with Crippen LogP contribution in [0.4, 0.5) is 0 Å². The van der Waals surface area contributed by atoms with Crippen molar-refractivity contribution in [2.75, 3.05) is 0 Å². The van der Waals surface area contributed by atoms with Crippen LogP contribution in [-0.2, 0) is 4.79 Å². The van der Waals surface area contributed by atoms with Crippen molar-refractivity contribution in [1.29, 1.82) is 5.26 Å². The molecule has 0 aliphatic carbocycles. The van der Waals surface area contributed by atoms with Gasteiger partial charge in [0.05, 0.1) is 6.04 Å². The third kappa shape index (κ3) is 2.48. The summed E-state index contributed by atoms with van der Waals surface area (Å²) in [6.45, 7) is 5.38. The molecule has 0 radical (unpaired) electrons. The van der Waals surface area contributed by atoms with E-state index in [9.17, 15) is 4.79 Å². The topological polar surface area (TPSA) is 45.8 Å². The molecule has 0 aliphatic rings. The van der Waals surface area contributed by atoms with Crippen LogP contribution in [-0.4, -0.2) is 10.4 Å². The Morgan fingerprint density at radius 1 is 1.26 bits per heavy atom. The monoisotopic (exact) mass is 250 g/mol. The molecular weight excluding hydrogens is 236 g/mol. The molecule has 0 spiro atoms. The van der Waals surface area contributed by atoms with Crippen LogP contribution in [0.25, 0.3) is 0 Å². The Bertz CT molecular complexity index is 647. The van der Waals surface area contributed by atoms with Gasteiger partial charge in [-0.2, -0.15) is 5.26 Å². The summed E-state index contributed by atoms with van der Waals surface area (Å²) in [6, 6.07) is 14.9. The fraction of sp³-hybridized carbons (Fsp3) is 0.125.